The van der Waals surface area contributed by atoms with Crippen LogP contribution >= 0.6 is 0 Å². The molecule has 2 heterocycles. The van der Waals surface area contributed by atoms with Gasteiger partial charge in [0, 0.05) is 42.1 Å². The summed E-state index contributed by atoms with van der Waals surface area (Å²) in [7, 11) is 0. The van der Waals surface area contributed by atoms with Crippen molar-refractivity contribution in [2.75, 3.05) is 18.0 Å². The van der Waals surface area contributed by atoms with Crippen LogP contribution in [0.2, 0.25) is 0 Å². The molecule has 1 atom stereocenters. The van der Waals surface area contributed by atoms with Crippen molar-refractivity contribution in [2.45, 2.75) is 25.9 Å². The number of β-amino-alcohol motifs (C(OH)–C–C–N with tert-alkyl or cyclic N) is 1. The standard InChI is InChI=1S/C15H17N3O3/c1-10-7-12-13(8-16-10)15(18(20)21)5-4-14(12)17-6-2-3-11(19)9-17/h4-5,7-8,11,19H,2-3,6,9H2,1H3/t11-/m0/s1. The van der Waals surface area contributed by atoms with Gasteiger partial charge in [-0.05, 0) is 31.9 Å². The molecule has 1 aromatic heterocycles. The minimum atomic E-state index is -0.381. The van der Waals surface area contributed by atoms with Crippen LogP contribution in [-0.4, -0.2) is 34.2 Å². The van der Waals surface area contributed by atoms with Crippen LogP contribution in [0.1, 0.15) is 18.5 Å². The van der Waals surface area contributed by atoms with Crippen molar-refractivity contribution in [3.05, 3.63) is 40.2 Å². The van der Waals surface area contributed by atoms with Gasteiger partial charge in [-0.25, -0.2) is 0 Å². The first-order chi connectivity index (χ1) is 10.1. The summed E-state index contributed by atoms with van der Waals surface area (Å²) in [5, 5.41) is 22.4. The number of nitro groups is 1. The van der Waals surface area contributed by atoms with E-state index < -0.39 is 0 Å². The third kappa shape index (κ3) is 2.54. The number of hydrogen-bond acceptors (Lipinski definition) is 5. The fourth-order valence-corrected chi connectivity index (χ4v) is 2.92. The lowest BCUT2D eigenvalue weighted by Gasteiger charge is -2.32. The van der Waals surface area contributed by atoms with Crippen LogP contribution in [0.15, 0.2) is 24.4 Å². The van der Waals surface area contributed by atoms with Crippen molar-refractivity contribution in [3.63, 3.8) is 0 Å². The van der Waals surface area contributed by atoms with Crippen LogP contribution in [0.4, 0.5) is 11.4 Å². The Balaban J connectivity index is 2.17. The number of anilines is 1. The zero-order valence-electron chi connectivity index (χ0n) is 11.8. The molecule has 1 aromatic carbocycles. The Bertz CT molecular complexity index is 702. The number of aliphatic hydroxyl groups excluding tert-OH is 1. The van der Waals surface area contributed by atoms with Crippen molar-refractivity contribution in [3.8, 4) is 0 Å². The summed E-state index contributed by atoms with van der Waals surface area (Å²) in [6.07, 6.45) is 2.95. The van der Waals surface area contributed by atoms with E-state index in [1.807, 2.05) is 13.0 Å². The maximum atomic E-state index is 11.2. The molecule has 1 aliphatic rings. The molecule has 1 aliphatic heterocycles. The number of piperidine rings is 1. The number of benzene rings is 1. The number of hydrogen-bond donors (Lipinski definition) is 1. The zero-order chi connectivity index (χ0) is 15.0. The van der Waals surface area contributed by atoms with Gasteiger partial charge in [0.1, 0.15) is 0 Å². The largest absolute Gasteiger partial charge is 0.391 e. The Labute approximate surface area is 122 Å². The first-order valence-corrected chi connectivity index (χ1v) is 7.03. The zero-order valence-corrected chi connectivity index (χ0v) is 11.8. The Morgan fingerprint density at radius 3 is 2.95 bits per heavy atom. The predicted molar refractivity (Wildman–Crippen MR) is 80.6 cm³/mol. The van der Waals surface area contributed by atoms with E-state index in [2.05, 4.69) is 9.88 Å². The minimum Gasteiger partial charge on any atom is -0.391 e. The van der Waals surface area contributed by atoms with Crippen molar-refractivity contribution in [2.24, 2.45) is 0 Å². The molecule has 110 valence electrons. The smallest absolute Gasteiger partial charge is 0.278 e. The highest BCUT2D eigenvalue weighted by Crippen LogP contribution is 2.34. The third-order valence-corrected chi connectivity index (χ3v) is 3.93. The van der Waals surface area contributed by atoms with Gasteiger partial charge in [-0.3, -0.25) is 15.1 Å². The first kappa shape index (κ1) is 13.8. The highest BCUT2D eigenvalue weighted by atomic mass is 16.6. The molecule has 0 unspecified atom stereocenters. The number of rotatable bonds is 2. The minimum absolute atomic E-state index is 0.0683. The van der Waals surface area contributed by atoms with E-state index in [1.165, 1.54) is 6.07 Å². The number of aromatic nitrogens is 1. The van der Waals surface area contributed by atoms with Crippen molar-refractivity contribution < 1.29 is 10.0 Å². The van der Waals surface area contributed by atoms with Gasteiger partial charge in [-0.15, -0.1) is 0 Å². The molecule has 0 bridgehead atoms. The molecule has 0 aliphatic carbocycles. The number of nitro benzene ring substituents is 1. The SMILES string of the molecule is Cc1cc2c(N3CCC[C@H](O)C3)ccc([N+](=O)[O-])c2cn1. The fourth-order valence-electron chi connectivity index (χ4n) is 2.92. The van der Waals surface area contributed by atoms with Gasteiger partial charge in [0.15, 0.2) is 0 Å². The van der Waals surface area contributed by atoms with Crippen molar-refractivity contribution in [1.29, 1.82) is 0 Å². The van der Waals surface area contributed by atoms with Gasteiger partial charge in [-0.1, -0.05) is 0 Å². The lowest BCUT2D eigenvalue weighted by molar-refractivity contribution is -0.383. The van der Waals surface area contributed by atoms with E-state index in [1.54, 1.807) is 12.3 Å². The monoisotopic (exact) mass is 287 g/mol. The van der Waals surface area contributed by atoms with E-state index in [9.17, 15) is 15.2 Å². The second-order valence-corrected chi connectivity index (χ2v) is 5.47. The van der Waals surface area contributed by atoms with Crippen molar-refractivity contribution >= 4 is 22.1 Å². The van der Waals surface area contributed by atoms with Gasteiger partial charge in [0.05, 0.1) is 16.4 Å². The molecular weight excluding hydrogens is 270 g/mol. The highest BCUT2D eigenvalue weighted by molar-refractivity contribution is 5.99. The molecule has 1 saturated heterocycles. The second kappa shape index (κ2) is 5.29. The topological polar surface area (TPSA) is 79.5 Å². The number of aryl methyl sites for hydroxylation is 1. The van der Waals surface area contributed by atoms with Gasteiger partial charge in [-0.2, -0.15) is 0 Å². The maximum Gasteiger partial charge on any atom is 0.278 e. The number of pyridine rings is 1. The van der Waals surface area contributed by atoms with Crippen LogP contribution in [0.5, 0.6) is 0 Å². The summed E-state index contributed by atoms with van der Waals surface area (Å²) >= 11 is 0. The molecule has 1 fully saturated rings. The average molecular weight is 287 g/mol. The lowest BCUT2D eigenvalue weighted by atomic mass is 10.0. The fraction of sp³-hybridized carbons (Fsp3) is 0.400. The van der Waals surface area contributed by atoms with E-state index in [0.29, 0.717) is 11.9 Å². The molecule has 3 rings (SSSR count). The summed E-state index contributed by atoms with van der Waals surface area (Å²) in [5.41, 5.74) is 1.82. The van der Waals surface area contributed by atoms with Crippen LogP contribution in [0.25, 0.3) is 10.8 Å². The summed E-state index contributed by atoms with van der Waals surface area (Å²) in [6, 6.07) is 5.17. The summed E-state index contributed by atoms with van der Waals surface area (Å²) < 4.78 is 0. The Kier molecular flexibility index (Phi) is 3.47. The van der Waals surface area contributed by atoms with Crippen molar-refractivity contribution in [1.82, 2.24) is 4.98 Å². The van der Waals surface area contributed by atoms with E-state index in [-0.39, 0.29) is 16.7 Å². The number of nitrogens with zero attached hydrogens (tertiary/aromatic N) is 3. The molecule has 6 heteroatoms. The highest BCUT2D eigenvalue weighted by Gasteiger charge is 2.22. The molecule has 0 saturated carbocycles. The average Bonchev–Trinajstić information content (AvgIpc) is 2.45. The molecule has 1 N–H and O–H groups in total. The number of aliphatic hydroxyl groups is 1. The number of non-ortho nitro benzene ring substituents is 1. The molecule has 6 nitrogen and oxygen atoms in total. The Morgan fingerprint density at radius 2 is 2.24 bits per heavy atom. The molecule has 0 spiro atoms. The van der Waals surface area contributed by atoms with E-state index in [0.717, 1.165) is 36.2 Å². The van der Waals surface area contributed by atoms with Crippen LogP contribution in [0, 0.1) is 17.0 Å². The maximum absolute atomic E-state index is 11.2. The van der Waals surface area contributed by atoms with Gasteiger partial charge < -0.3 is 10.0 Å². The summed E-state index contributed by atoms with van der Waals surface area (Å²) in [5.74, 6) is 0. The second-order valence-electron chi connectivity index (χ2n) is 5.47. The Hall–Kier alpha value is -2.21. The van der Waals surface area contributed by atoms with Gasteiger partial charge in [0.25, 0.3) is 5.69 Å². The normalized spacial score (nSPS) is 19.0. The predicted octanol–water partition coefficient (Wildman–Crippen LogP) is 2.41. The van der Waals surface area contributed by atoms with Gasteiger partial charge in [0.2, 0.25) is 0 Å². The summed E-state index contributed by atoms with van der Waals surface area (Å²) in [4.78, 5) is 17.1. The van der Waals surface area contributed by atoms with Crippen LogP contribution in [-0.2, 0) is 0 Å². The molecule has 21 heavy (non-hydrogen) atoms. The van der Waals surface area contributed by atoms with Gasteiger partial charge >= 0.3 is 0 Å². The number of fused-ring (bicyclic) bond motifs is 1. The van der Waals surface area contributed by atoms with Crippen LogP contribution in [0.3, 0.4) is 0 Å². The summed E-state index contributed by atoms with van der Waals surface area (Å²) in [6.45, 7) is 3.28. The molecule has 2 aromatic rings. The van der Waals surface area contributed by atoms with E-state index >= 15 is 0 Å². The lowest BCUT2D eigenvalue weighted by Crippen LogP contribution is -2.38. The third-order valence-electron chi connectivity index (χ3n) is 3.93. The van der Waals surface area contributed by atoms with Crippen LogP contribution < -0.4 is 4.90 Å². The molecular formula is C15H17N3O3. The van der Waals surface area contributed by atoms with E-state index in [4.69, 9.17) is 0 Å². The Morgan fingerprint density at radius 1 is 1.43 bits per heavy atom. The first-order valence-electron chi connectivity index (χ1n) is 7.03. The molecule has 0 radical (unpaired) electrons. The molecule has 0 amide bonds. The quantitative estimate of drug-likeness (QED) is 0.677.